The lowest BCUT2D eigenvalue weighted by Crippen LogP contribution is -2.21. The Balaban J connectivity index is 2.10. The maximum atomic E-state index is 12.3. The number of nitrogens with zero attached hydrogens (tertiary/aromatic N) is 3. The van der Waals surface area contributed by atoms with E-state index in [-0.39, 0.29) is 18.2 Å². The summed E-state index contributed by atoms with van der Waals surface area (Å²) < 4.78 is 41.1. The van der Waals surface area contributed by atoms with Crippen LogP contribution in [0.4, 0.5) is 13.2 Å². The summed E-state index contributed by atoms with van der Waals surface area (Å²) in [4.78, 5) is 16.4. The lowest BCUT2D eigenvalue weighted by molar-refractivity contribution is -0.159. The van der Waals surface area contributed by atoms with Crippen molar-refractivity contribution < 1.29 is 22.5 Å². The Labute approximate surface area is 118 Å². The van der Waals surface area contributed by atoms with Crippen molar-refractivity contribution in [1.82, 2.24) is 15.0 Å². The number of amides is 1. The number of benzene rings is 1. The molecule has 1 amide bonds. The smallest absolute Gasteiger partial charge is 0.345 e. The Morgan fingerprint density at radius 2 is 1.86 bits per heavy atom. The van der Waals surface area contributed by atoms with Gasteiger partial charge in [0.05, 0.1) is 0 Å². The van der Waals surface area contributed by atoms with E-state index in [0.29, 0.717) is 11.1 Å². The van der Waals surface area contributed by atoms with Crippen molar-refractivity contribution in [1.29, 1.82) is 0 Å². The first-order valence-corrected chi connectivity index (χ1v) is 5.98. The fourth-order valence-electron chi connectivity index (χ4n) is 1.65. The Hall–Kier alpha value is -2.38. The second kappa shape index (κ2) is 5.55. The van der Waals surface area contributed by atoms with Crippen LogP contribution in [0.2, 0.25) is 0 Å². The van der Waals surface area contributed by atoms with Crippen molar-refractivity contribution in [3.63, 3.8) is 0 Å². The number of rotatable bonds is 3. The van der Waals surface area contributed by atoms with Crippen molar-refractivity contribution in [3.05, 3.63) is 47.1 Å². The summed E-state index contributed by atoms with van der Waals surface area (Å²) in [6.07, 6.45) is -4.55. The number of hydrogen-bond donors (Lipinski definition) is 0. The van der Waals surface area contributed by atoms with Crippen LogP contribution in [0, 0.1) is 0 Å². The summed E-state index contributed by atoms with van der Waals surface area (Å²) in [6, 6.07) is 6.48. The maximum Gasteiger partial charge on any atom is 0.471 e. The highest BCUT2D eigenvalue weighted by molar-refractivity contribution is 5.93. The minimum atomic E-state index is -4.65. The fraction of sp³-hybridized carbons (Fsp3) is 0.308. The SMILES string of the molecule is CN(C)C(=O)c1ccc(Cc2noc(C(F)(F)F)n2)cc1. The first kappa shape index (κ1) is 15.0. The van der Waals surface area contributed by atoms with E-state index in [1.807, 2.05) is 0 Å². The molecule has 112 valence electrons. The number of halogens is 3. The van der Waals surface area contributed by atoms with Gasteiger partial charge in [0.1, 0.15) is 0 Å². The van der Waals surface area contributed by atoms with E-state index in [1.54, 1.807) is 38.4 Å². The van der Waals surface area contributed by atoms with E-state index in [4.69, 9.17) is 0 Å². The number of alkyl halides is 3. The van der Waals surface area contributed by atoms with E-state index >= 15 is 0 Å². The second-order valence-electron chi connectivity index (χ2n) is 4.59. The monoisotopic (exact) mass is 299 g/mol. The highest BCUT2D eigenvalue weighted by Gasteiger charge is 2.38. The van der Waals surface area contributed by atoms with Crippen molar-refractivity contribution >= 4 is 5.91 Å². The zero-order valence-electron chi connectivity index (χ0n) is 11.3. The summed E-state index contributed by atoms with van der Waals surface area (Å²) in [6.45, 7) is 0. The Morgan fingerprint density at radius 3 is 2.33 bits per heavy atom. The van der Waals surface area contributed by atoms with Crippen LogP contribution in [-0.4, -0.2) is 35.0 Å². The van der Waals surface area contributed by atoms with Gasteiger partial charge >= 0.3 is 12.1 Å². The molecule has 0 aliphatic carbocycles. The predicted octanol–water partition coefficient (Wildman–Crippen LogP) is 2.38. The molecule has 1 aromatic carbocycles. The first-order chi connectivity index (χ1) is 9.77. The van der Waals surface area contributed by atoms with E-state index in [1.165, 1.54) is 4.90 Å². The maximum absolute atomic E-state index is 12.3. The summed E-state index contributed by atoms with van der Waals surface area (Å²) in [7, 11) is 3.27. The topological polar surface area (TPSA) is 59.2 Å². The minimum absolute atomic E-state index is 0.0611. The van der Waals surface area contributed by atoms with Gasteiger partial charge in [-0.3, -0.25) is 4.79 Å². The van der Waals surface area contributed by atoms with Crippen molar-refractivity contribution in [2.45, 2.75) is 12.6 Å². The van der Waals surface area contributed by atoms with Crippen molar-refractivity contribution in [3.8, 4) is 0 Å². The molecule has 0 fully saturated rings. The molecule has 1 aromatic heterocycles. The van der Waals surface area contributed by atoms with Gasteiger partial charge < -0.3 is 9.42 Å². The lowest BCUT2D eigenvalue weighted by Gasteiger charge is -2.10. The highest BCUT2D eigenvalue weighted by atomic mass is 19.4. The average molecular weight is 299 g/mol. The molecule has 0 bridgehead atoms. The standard InChI is InChI=1S/C13H12F3N3O2/c1-19(2)11(20)9-5-3-8(4-6-9)7-10-17-12(21-18-10)13(14,15)16/h3-6H,7H2,1-2H3. The number of hydrogen-bond acceptors (Lipinski definition) is 4. The van der Waals surface area contributed by atoms with Crippen molar-refractivity contribution in [2.75, 3.05) is 14.1 Å². The zero-order chi connectivity index (χ0) is 15.6. The van der Waals surface area contributed by atoms with E-state index in [9.17, 15) is 18.0 Å². The lowest BCUT2D eigenvalue weighted by atomic mass is 10.1. The van der Waals surface area contributed by atoms with Gasteiger partial charge in [0.25, 0.3) is 5.91 Å². The number of aromatic nitrogens is 2. The Bertz CT molecular complexity index is 633. The second-order valence-corrected chi connectivity index (χ2v) is 4.59. The fourth-order valence-corrected chi connectivity index (χ4v) is 1.65. The highest BCUT2D eigenvalue weighted by Crippen LogP contribution is 2.27. The third-order valence-electron chi connectivity index (χ3n) is 2.68. The zero-order valence-corrected chi connectivity index (χ0v) is 11.3. The van der Waals surface area contributed by atoms with E-state index in [2.05, 4.69) is 14.7 Å². The van der Waals surface area contributed by atoms with Crippen LogP contribution in [0.25, 0.3) is 0 Å². The molecule has 0 radical (unpaired) electrons. The Morgan fingerprint density at radius 1 is 1.24 bits per heavy atom. The molecule has 8 heteroatoms. The van der Waals surface area contributed by atoms with Gasteiger partial charge in [-0.25, -0.2) is 0 Å². The van der Waals surface area contributed by atoms with Crippen LogP contribution in [0.3, 0.4) is 0 Å². The molecule has 5 nitrogen and oxygen atoms in total. The third kappa shape index (κ3) is 3.59. The van der Waals surface area contributed by atoms with Crippen molar-refractivity contribution in [2.24, 2.45) is 0 Å². The first-order valence-electron chi connectivity index (χ1n) is 5.98. The molecule has 2 aromatic rings. The molecule has 0 saturated heterocycles. The number of carbonyl (C=O) groups excluding carboxylic acids is 1. The molecular formula is C13H12F3N3O2. The normalized spacial score (nSPS) is 11.5. The molecule has 0 aliphatic rings. The van der Waals surface area contributed by atoms with Crippen LogP contribution in [0.15, 0.2) is 28.8 Å². The molecule has 0 unspecified atom stereocenters. The number of carbonyl (C=O) groups is 1. The van der Waals surface area contributed by atoms with Crippen LogP contribution in [-0.2, 0) is 12.6 Å². The summed E-state index contributed by atoms with van der Waals surface area (Å²) in [5.41, 5.74) is 1.17. The Kier molecular flexibility index (Phi) is 3.97. The van der Waals surface area contributed by atoms with Gasteiger partial charge in [-0.05, 0) is 17.7 Å². The minimum Gasteiger partial charge on any atom is -0.345 e. The molecule has 2 rings (SSSR count). The van der Waals surface area contributed by atoms with E-state index in [0.717, 1.165) is 0 Å². The van der Waals surface area contributed by atoms with E-state index < -0.39 is 12.1 Å². The third-order valence-corrected chi connectivity index (χ3v) is 2.68. The molecule has 0 saturated carbocycles. The molecular weight excluding hydrogens is 287 g/mol. The van der Waals surface area contributed by atoms with Gasteiger partial charge in [0.2, 0.25) is 0 Å². The molecule has 0 aliphatic heterocycles. The van der Waals surface area contributed by atoms with Crippen LogP contribution < -0.4 is 0 Å². The summed E-state index contributed by atoms with van der Waals surface area (Å²) >= 11 is 0. The van der Waals surface area contributed by atoms with Gasteiger partial charge in [-0.15, -0.1) is 0 Å². The summed E-state index contributed by atoms with van der Waals surface area (Å²) in [5, 5.41) is 3.28. The van der Waals surface area contributed by atoms with Crippen LogP contribution in [0.1, 0.15) is 27.6 Å². The molecule has 1 heterocycles. The largest absolute Gasteiger partial charge is 0.471 e. The summed E-state index contributed by atoms with van der Waals surface area (Å²) in [5.74, 6) is -1.58. The van der Waals surface area contributed by atoms with Gasteiger partial charge in [-0.1, -0.05) is 17.3 Å². The molecule has 0 N–H and O–H groups in total. The molecule has 0 atom stereocenters. The van der Waals surface area contributed by atoms with Gasteiger partial charge in [0, 0.05) is 26.1 Å². The van der Waals surface area contributed by atoms with Gasteiger partial charge in [0.15, 0.2) is 5.82 Å². The average Bonchev–Trinajstić information content (AvgIpc) is 2.87. The molecule has 21 heavy (non-hydrogen) atoms. The quantitative estimate of drug-likeness (QED) is 0.873. The predicted molar refractivity (Wildman–Crippen MR) is 66.6 cm³/mol. The molecule has 0 spiro atoms. The van der Waals surface area contributed by atoms with Crippen LogP contribution in [0.5, 0.6) is 0 Å². The van der Waals surface area contributed by atoms with Gasteiger partial charge in [-0.2, -0.15) is 18.2 Å². The van der Waals surface area contributed by atoms with Crippen LogP contribution >= 0.6 is 0 Å².